The van der Waals surface area contributed by atoms with Gasteiger partial charge in [-0.25, -0.2) is 0 Å². The van der Waals surface area contributed by atoms with E-state index in [4.69, 9.17) is 0 Å². The van der Waals surface area contributed by atoms with Crippen LogP contribution in [-0.4, -0.2) is 35.1 Å². The third-order valence-electron chi connectivity index (χ3n) is 9.19. The van der Waals surface area contributed by atoms with Crippen LogP contribution in [0, 0.1) is 12.8 Å². The molecule has 4 heterocycles. The van der Waals surface area contributed by atoms with Gasteiger partial charge in [-0.3, -0.25) is 19.3 Å². The highest BCUT2D eigenvalue weighted by molar-refractivity contribution is 6.21. The molecule has 6 nitrogen and oxygen atoms in total. The van der Waals surface area contributed by atoms with Gasteiger partial charge in [-0.05, 0) is 56.0 Å². The van der Waals surface area contributed by atoms with Gasteiger partial charge in [0.1, 0.15) is 11.0 Å². The van der Waals surface area contributed by atoms with Gasteiger partial charge in [0.25, 0.3) is 5.91 Å². The number of aryl methyl sites for hydroxylation is 2. The number of ketones is 1. The van der Waals surface area contributed by atoms with Crippen molar-refractivity contribution in [3.8, 4) is 0 Å². The maximum atomic E-state index is 14.6. The Hall–Kier alpha value is -3.77. The van der Waals surface area contributed by atoms with Crippen molar-refractivity contribution in [2.45, 2.75) is 50.1 Å². The van der Waals surface area contributed by atoms with E-state index in [1.807, 2.05) is 67.6 Å². The van der Waals surface area contributed by atoms with Crippen LogP contribution in [0.3, 0.4) is 0 Å². The fourth-order valence-corrected chi connectivity index (χ4v) is 7.74. The van der Waals surface area contributed by atoms with E-state index in [0.29, 0.717) is 17.8 Å². The predicted octanol–water partition coefficient (Wildman–Crippen LogP) is 4.57. The highest BCUT2D eigenvalue weighted by Crippen LogP contribution is 2.67. The number of benzene rings is 3. The highest BCUT2D eigenvalue weighted by Gasteiger charge is 2.81. The van der Waals surface area contributed by atoms with Crippen LogP contribution >= 0.6 is 0 Å². The molecule has 0 saturated carbocycles. The van der Waals surface area contributed by atoms with Crippen LogP contribution < -0.4 is 10.6 Å². The quantitative estimate of drug-likeness (QED) is 0.526. The second kappa shape index (κ2) is 7.62. The Balaban J connectivity index is 1.58. The van der Waals surface area contributed by atoms with Gasteiger partial charge in [-0.15, -0.1) is 0 Å². The van der Waals surface area contributed by atoms with E-state index in [-0.39, 0.29) is 23.6 Å². The summed E-state index contributed by atoms with van der Waals surface area (Å²) in [5, 5.41) is 6.23. The summed E-state index contributed by atoms with van der Waals surface area (Å²) >= 11 is 0. The number of hydrogen-bond donors (Lipinski definition) is 2. The van der Waals surface area contributed by atoms with Crippen molar-refractivity contribution in [3.63, 3.8) is 0 Å². The molecular weight excluding hydrogens is 462 g/mol. The van der Waals surface area contributed by atoms with Gasteiger partial charge >= 0.3 is 0 Å². The molecule has 2 saturated heterocycles. The van der Waals surface area contributed by atoms with E-state index in [1.165, 1.54) is 0 Å². The Morgan fingerprint density at radius 2 is 1.68 bits per heavy atom. The molecule has 0 aromatic heterocycles. The molecule has 3 aromatic rings. The SMILES string of the molecule is CCc1ccc2c(c1)C1(C(=O)N2)N2CCCC2C(C(=O)c2ccc(C)cc2)C12C(=O)Nc1ccccc12. The normalized spacial score (nSPS) is 29.4. The minimum atomic E-state index is -1.39. The van der Waals surface area contributed by atoms with Crippen molar-refractivity contribution in [3.05, 3.63) is 94.5 Å². The summed E-state index contributed by atoms with van der Waals surface area (Å²) < 4.78 is 0. The number of nitrogens with zero attached hydrogens (tertiary/aromatic N) is 1. The van der Waals surface area contributed by atoms with Crippen molar-refractivity contribution >= 4 is 29.0 Å². The van der Waals surface area contributed by atoms with Crippen LogP contribution in [0.4, 0.5) is 11.4 Å². The third-order valence-corrected chi connectivity index (χ3v) is 9.19. The number of carbonyl (C=O) groups excluding carboxylic acids is 3. The highest BCUT2D eigenvalue weighted by atomic mass is 16.2. The van der Waals surface area contributed by atoms with Gasteiger partial charge in [0.2, 0.25) is 5.91 Å². The number of fused-ring (bicyclic) bond motifs is 7. The summed E-state index contributed by atoms with van der Waals surface area (Å²) in [7, 11) is 0. The van der Waals surface area contributed by atoms with Gasteiger partial charge < -0.3 is 10.6 Å². The number of amides is 2. The Morgan fingerprint density at radius 3 is 2.46 bits per heavy atom. The molecule has 4 atom stereocenters. The Kier molecular flexibility index (Phi) is 4.62. The first-order valence-electron chi connectivity index (χ1n) is 13.2. The van der Waals surface area contributed by atoms with E-state index in [1.54, 1.807) is 0 Å². The molecule has 0 aliphatic carbocycles. The van der Waals surface area contributed by atoms with Gasteiger partial charge in [0, 0.05) is 28.5 Å². The fraction of sp³-hybridized carbons (Fsp3) is 0.323. The van der Waals surface area contributed by atoms with Crippen LogP contribution in [0.1, 0.15) is 52.4 Å². The number of Topliss-reactive ketones (excluding diaryl/α,β-unsaturated/α-hetero) is 1. The molecule has 2 N–H and O–H groups in total. The average molecular weight is 492 g/mol. The molecule has 2 fully saturated rings. The monoisotopic (exact) mass is 491 g/mol. The summed E-state index contributed by atoms with van der Waals surface area (Å²) in [4.78, 5) is 45.7. The summed E-state index contributed by atoms with van der Waals surface area (Å²) in [6.45, 7) is 4.73. The zero-order valence-corrected chi connectivity index (χ0v) is 21.0. The van der Waals surface area contributed by atoms with E-state index in [9.17, 15) is 14.4 Å². The molecule has 37 heavy (non-hydrogen) atoms. The molecule has 7 rings (SSSR count). The number of para-hydroxylation sites is 1. The van der Waals surface area contributed by atoms with Gasteiger partial charge in [-0.2, -0.15) is 0 Å². The zero-order chi connectivity index (χ0) is 25.5. The lowest BCUT2D eigenvalue weighted by Crippen LogP contribution is -2.62. The van der Waals surface area contributed by atoms with Crippen molar-refractivity contribution in [1.29, 1.82) is 0 Å². The van der Waals surface area contributed by atoms with Crippen LogP contribution in [0.5, 0.6) is 0 Å². The minimum absolute atomic E-state index is 0.0754. The van der Waals surface area contributed by atoms with E-state index < -0.39 is 16.9 Å². The molecule has 0 radical (unpaired) electrons. The molecule has 3 aromatic carbocycles. The largest absolute Gasteiger partial charge is 0.325 e. The van der Waals surface area contributed by atoms with Gasteiger partial charge in [0.15, 0.2) is 5.78 Å². The minimum Gasteiger partial charge on any atom is -0.325 e. The lowest BCUT2D eigenvalue weighted by atomic mass is 9.57. The van der Waals surface area contributed by atoms with Gasteiger partial charge in [-0.1, -0.05) is 67.1 Å². The Labute approximate surface area is 216 Å². The van der Waals surface area contributed by atoms with Crippen molar-refractivity contribution in [1.82, 2.24) is 4.90 Å². The van der Waals surface area contributed by atoms with E-state index >= 15 is 0 Å². The molecule has 4 unspecified atom stereocenters. The Bertz CT molecular complexity index is 1500. The number of rotatable bonds is 3. The number of hydrogen-bond acceptors (Lipinski definition) is 4. The van der Waals surface area contributed by atoms with Crippen molar-refractivity contribution in [2.24, 2.45) is 5.92 Å². The second-order valence-electron chi connectivity index (χ2n) is 10.8. The lowest BCUT2D eigenvalue weighted by molar-refractivity contribution is -0.137. The number of anilines is 2. The van der Waals surface area contributed by atoms with Gasteiger partial charge in [0.05, 0.1) is 5.92 Å². The van der Waals surface area contributed by atoms with Crippen LogP contribution in [-0.2, 0) is 27.0 Å². The molecule has 4 aliphatic rings. The maximum absolute atomic E-state index is 14.6. The molecule has 186 valence electrons. The molecule has 4 aliphatic heterocycles. The third kappa shape index (κ3) is 2.56. The fourth-order valence-electron chi connectivity index (χ4n) is 7.74. The summed E-state index contributed by atoms with van der Waals surface area (Å²) in [5.41, 5.74) is 3.01. The lowest BCUT2D eigenvalue weighted by Gasteiger charge is -2.43. The predicted molar refractivity (Wildman–Crippen MR) is 142 cm³/mol. The number of carbonyl (C=O) groups is 3. The Morgan fingerprint density at radius 1 is 0.946 bits per heavy atom. The van der Waals surface area contributed by atoms with E-state index in [2.05, 4.69) is 28.5 Å². The average Bonchev–Trinajstić information content (AvgIpc) is 3.62. The molecule has 0 bridgehead atoms. The van der Waals surface area contributed by atoms with Crippen molar-refractivity contribution < 1.29 is 14.4 Å². The first-order valence-corrected chi connectivity index (χ1v) is 13.2. The molecule has 2 amide bonds. The zero-order valence-electron chi connectivity index (χ0n) is 21.0. The summed E-state index contributed by atoms with van der Waals surface area (Å²) in [6.07, 6.45) is 2.44. The van der Waals surface area contributed by atoms with Crippen molar-refractivity contribution in [2.75, 3.05) is 17.2 Å². The molecular formula is C31H29N3O3. The maximum Gasteiger partial charge on any atom is 0.251 e. The van der Waals surface area contributed by atoms with Crippen LogP contribution in [0.2, 0.25) is 0 Å². The standard InChI is InChI=1S/C31H29N3O3/c1-3-19-12-15-24-22(17-19)31(29(37)33-24)30(21-7-4-5-8-23(21)32-28(30)36)26(25-9-6-16-34(25)31)27(35)20-13-10-18(2)11-14-20/h4-5,7-8,10-15,17,25-26H,3,6,9,16H2,1-2H3,(H,32,36)(H,33,37). The summed E-state index contributed by atoms with van der Waals surface area (Å²) in [6, 6.07) is 21.0. The second-order valence-corrected chi connectivity index (χ2v) is 10.8. The number of nitrogens with one attached hydrogen (secondary N) is 2. The van der Waals surface area contributed by atoms with Crippen LogP contribution in [0.25, 0.3) is 0 Å². The van der Waals surface area contributed by atoms with Crippen LogP contribution in [0.15, 0.2) is 66.7 Å². The molecule has 6 heteroatoms. The smallest absolute Gasteiger partial charge is 0.251 e. The molecule has 2 spiro atoms. The first-order chi connectivity index (χ1) is 17.9. The van der Waals surface area contributed by atoms with E-state index in [0.717, 1.165) is 47.2 Å². The summed E-state index contributed by atoms with van der Waals surface area (Å²) in [5.74, 6) is -1.26. The topological polar surface area (TPSA) is 78.5 Å². The first kappa shape index (κ1) is 22.4.